The summed E-state index contributed by atoms with van der Waals surface area (Å²) in [6.07, 6.45) is -3.18. The van der Waals surface area contributed by atoms with Crippen molar-refractivity contribution in [2.24, 2.45) is 0 Å². The van der Waals surface area contributed by atoms with Crippen LogP contribution in [-0.2, 0) is 17.5 Å². The van der Waals surface area contributed by atoms with Crippen molar-refractivity contribution in [2.45, 2.75) is 32.6 Å². The summed E-state index contributed by atoms with van der Waals surface area (Å²) in [5, 5.41) is 4.05. The molecular weight excluding hydrogens is 351 g/mol. The number of alkyl halides is 3. The van der Waals surface area contributed by atoms with Gasteiger partial charge in [0.25, 0.3) is 5.91 Å². The molecule has 9 heteroatoms. The van der Waals surface area contributed by atoms with Gasteiger partial charge in [-0.05, 0) is 38.1 Å². The van der Waals surface area contributed by atoms with Gasteiger partial charge in [0, 0.05) is 5.69 Å². The first-order valence-electron chi connectivity index (χ1n) is 7.97. The topological polar surface area (TPSA) is 64.4 Å². The highest BCUT2D eigenvalue weighted by Gasteiger charge is 2.37. The van der Waals surface area contributed by atoms with E-state index in [2.05, 4.69) is 5.10 Å². The molecular formula is C17H16F3N3O3. The number of carbonyl (C=O) groups excluding carboxylic acids is 2. The lowest BCUT2D eigenvalue weighted by atomic mass is 10.1. The van der Waals surface area contributed by atoms with Crippen molar-refractivity contribution < 1.29 is 27.5 Å². The van der Waals surface area contributed by atoms with E-state index >= 15 is 0 Å². The van der Waals surface area contributed by atoms with Gasteiger partial charge in [0.2, 0.25) is 0 Å². The summed E-state index contributed by atoms with van der Waals surface area (Å²) in [5.41, 5.74) is -0.365. The second-order valence-electron chi connectivity index (χ2n) is 5.88. The first-order valence-corrected chi connectivity index (χ1v) is 7.97. The van der Waals surface area contributed by atoms with Gasteiger partial charge in [-0.2, -0.15) is 18.3 Å². The van der Waals surface area contributed by atoms with E-state index in [0.717, 1.165) is 12.1 Å². The lowest BCUT2D eigenvalue weighted by Gasteiger charge is -2.34. The smallest absolute Gasteiger partial charge is 0.416 e. The molecule has 0 saturated carbocycles. The third-order valence-electron chi connectivity index (χ3n) is 4.11. The molecule has 1 aliphatic rings. The molecule has 0 aliphatic carbocycles. The molecule has 0 radical (unpaired) electrons. The highest BCUT2D eigenvalue weighted by atomic mass is 19.4. The number of anilines is 1. The Kier molecular flexibility index (Phi) is 4.47. The van der Waals surface area contributed by atoms with Crippen LogP contribution in [0.15, 0.2) is 30.5 Å². The van der Waals surface area contributed by atoms with E-state index in [9.17, 15) is 22.8 Å². The van der Waals surface area contributed by atoms with Gasteiger partial charge in [0.1, 0.15) is 11.3 Å². The number of fused-ring (bicyclic) bond motifs is 1. The fourth-order valence-corrected chi connectivity index (χ4v) is 2.94. The third-order valence-corrected chi connectivity index (χ3v) is 4.11. The number of esters is 1. The molecule has 138 valence electrons. The zero-order valence-electron chi connectivity index (χ0n) is 14.1. The van der Waals surface area contributed by atoms with Crippen LogP contribution >= 0.6 is 0 Å². The zero-order chi connectivity index (χ0) is 19.1. The number of hydrogen-bond donors (Lipinski definition) is 0. The minimum Gasteiger partial charge on any atom is -0.462 e. The Bertz CT molecular complexity index is 843. The van der Waals surface area contributed by atoms with Crippen LogP contribution in [0.4, 0.5) is 18.9 Å². The number of carbonyl (C=O) groups is 2. The Morgan fingerprint density at radius 1 is 1.31 bits per heavy atom. The van der Waals surface area contributed by atoms with E-state index < -0.39 is 23.6 Å². The number of amides is 1. The first kappa shape index (κ1) is 18.0. The third kappa shape index (κ3) is 3.04. The molecule has 3 rings (SSSR count). The second kappa shape index (κ2) is 6.47. The quantitative estimate of drug-likeness (QED) is 0.782. The molecule has 1 aromatic carbocycles. The highest BCUT2D eigenvalue weighted by molar-refractivity contribution is 6.12. The number of ether oxygens (including phenoxy) is 1. The zero-order valence-corrected chi connectivity index (χ0v) is 14.1. The molecule has 2 heterocycles. The van der Waals surface area contributed by atoms with Gasteiger partial charge < -0.3 is 9.64 Å². The average molecular weight is 367 g/mol. The number of halogens is 3. The average Bonchev–Trinajstić information content (AvgIpc) is 2.99. The summed E-state index contributed by atoms with van der Waals surface area (Å²) in [7, 11) is 0. The minimum absolute atomic E-state index is 0.0423. The Labute approximate surface area is 147 Å². The molecule has 0 saturated heterocycles. The Hall–Kier alpha value is -2.84. The van der Waals surface area contributed by atoms with Gasteiger partial charge in [0.15, 0.2) is 0 Å². The normalized spacial score (nSPS) is 17.2. The van der Waals surface area contributed by atoms with Crippen molar-refractivity contribution >= 4 is 17.6 Å². The highest BCUT2D eigenvalue weighted by Crippen LogP contribution is 2.32. The SMILES string of the molecule is CCOC(=O)c1cnn2c1C(=O)N(c1ccc(C(F)(F)F)cc1)[C@@H](C)C2. The maximum atomic E-state index is 12.9. The van der Waals surface area contributed by atoms with Gasteiger partial charge in [-0.25, -0.2) is 4.79 Å². The Balaban J connectivity index is 1.97. The summed E-state index contributed by atoms with van der Waals surface area (Å²) in [4.78, 5) is 26.3. The van der Waals surface area contributed by atoms with Crippen molar-refractivity contribution in [3.05, 3.63) is 47.3 Å². The number of aromatic nitrogens is 2. The van der Waals surface area contributed by atoms with Gasteiger partial charge in [-0.1, -0.05) is 0 Å². The summed E-state index contributed by atoms with van der Waals surface area (Å²) < 4.78 is 44.6. The summed E-state index contributed by atoms with van der Waals surface area (Å²) >= 11 is 0. The maximum absolute atomic E-state index is 12.9. The minimum atomic E-state index is -4.45. The van der Waals surface area contributed by atoms with Crippen molar-refractivity contribution in [3.8, 4) is 0 Å². The largest absolute Gasteiger partial charge is 0.462 e. The fraction of sp³-hybridized carbons (Fsp3) is 0.353. The van der Waals surface area contributed by atoms with E-state index in [0.29, 0.717) is 12.2 Å². The lowest BCUT2D eigenvalue weighted by molar-refractivity contribution is -0.137. The van der Waals surface area contributed by atoms with Crippen LogP contribution in [0.3, 0.4) is 0 Å². The lowest BCUT2D eigenvalue weighted by Crippen LogP contribution is -2.47. The summed E-state index contributed by atoms with van der Waals surface area (Å²) in [5.74, 6) is -1.17. The van der Waals surface area contributed by atoms with E-state index in [1.807, 2.05) is 0 Å². The van der Waals surface area contributed by atoms with Crippen LogP contribution < -0.4 is 4.90 Å². The van der Waals surface area contributed by atoms with Crippen LogP contribution in [0.5, 0.6) is 0 Å². The molecule has 2 aromatic rings. The van der Waals surface area contributed by atoms with Crippen LogP contribution in [0.2, 0.25) is 0 Å². The molecule has 0 bridgehead atoms. The number of nitrogens with zero attached hydrogens (tertiary/aromatic N) is 3. The van der Waals surface area contributed by atoms with Gasteiger partial charge >= 0.3 is 12.1 Å². The molecule has 6 nitrogen and oxygen atoms in total. The monoisotopic (exact) mass is 367 g/mol. The fourth-order valence-electron chi connectivity index (χ4n) is 2.94. The molecule has 1 amide bonds. The van der Waals surface area contributed by atoms with Gasteiger partial charge in [-0.3, -0.25) is 9.48 Å². The Morgan fingerprint density at radius 3 is 2.54 bits per heavy atom. The van der Waals surface area contributed by atoms with E-state index in [1.165, 1.54) is 27.9 Å². The maximum Gasteiger partial charge on any atom is 0.416 e. The summed E-state index contributed by atoms with van der Waals surface area (Å²) in [6, 6.07) is 3.99. The van der Waals surface area contributed by atoms with Crippen molar-refractivity contribution in [2.75, 3.05) is 11.5 Å². The van der Waals surface area contributed by atoms with Crippen LogP contribution in [0.25, 0.3) is 0 Å². The molecule has 1 atom stereocenters. The number of benzene rings is 1. The number of hydrogen-bond acceptors (Lipinski definition) is 4. The molecule has 1 aliphatic heterocycles. The molecule has 0 fully saturated rings. The molecule has 0 N–H and O–H groups in total. The molecule has 0 spiro atoms. The first-order chi connectivity index (χ1) is 12.2. The van der Waals surface area contributed by atoms with Crippen LogP contribution in [0.1, 0.15) is 40.3 Å². The van der Waals surface area contributed by atoms with Crippen molar-refractivity contribution in [1.82, 2.24) is 9.78 Å². The van der Waals surface area contributed by atoms with E-state index in [1.54, 1.807) is 13.8 Å². The standard InChI is InChI=1S/C17H16F3N3O3/c1-3-26-16(25)13-8-21-22-9-10(2)23(15(24)14(13)22)12-6-4-11(5-7-12)17(18,19)20/h4-8,10H,3,9H2,1-2H3/t10-/m0/s1. The molecule has 1 aromatic heterocycles. The van der Waals surface area contributed by atoms with Gasteiger partial charge in [0.05, 0.1) is 31.0 Å². The predicted molar refractivity (Wildman–Crippen MR) is 85.9 cm³/mol. The van der Waals surface area contributed by atoms with Crippen molar-refractivity contribution in [1.29, 1.82) is 0 Å². The van der Waals surface area contributed by atoms with Crippen molar-refractivity contribution in [3.63, 3.8) is 0 Å². The van der Waals surface area contributed by atoms with E-state index in [4.69, 9.17) is 4.74 Å². The van der Waals surface area contributed by atoms with Crippen LogP contribution in [-0.4, -0.2) is 34.3 Å². The molecule has 26 heavy (non-hydrogen) atoms. The second-order valence-corrected chi connectivity index (χ2v) is 5.88. The Morgan fingerprint density at radius 2 is 1.96 bits per heavy atom. The van der Waals surface area contributed by atoms with Crippen LogP contribution in [0, 0.1) is 0 Å². The number of rotatable bonds is 3. The van der Waals surface area contributed by atoms with E-state index in [-0.39, 0.29) is 23.9 Å². The van der Waals surface area contributed by atoms with Gasteiger partial charge in [-0.15, -0.1) is 0 Å². The molecule has 0 unspecified atom stereocenters. The summed E-state index contributed by atoms with van der Waals surface area (Å²) in [6.45, 7) is 3.86. The predicted octanol–water partition coefficient (Wildman–Crippen LogP) is 3.13.